The third-order valence-electron chi connectivity index (χ3n) is 4.87. The lowest BCUT2D eigenvalue weighted by Crippen LogP contribution is -2.50. The van der Waals surface area contributed by atoms with Crippen LogP contribution in [0.15, 0.2) is 42.5 Å². The van der Waals surface area contributed by atoms with Gasteiger partial charge >= 0.3 is 0 Å². The van der Waals surface area contributed by atoms with Crippen LogP contribution in [0.5, 0.6) is 5.75 Å². The highest BCUT2D eigenvalue weighted by Crippen LogP contribution is 2.43. The first-order valence-electron chi connectivity index (χ1n) is 9.15. The largest absolute Gasteiger partial charge is 0.485 e. The molecule has 0 radical (unpaired) electrons. The molecule has 1 N–H and O–H groups in total. The van der Waals surface area contributed by atoms with Gasteiger partial charge in [0, 0.05) is 24.9 Å². The predicted octanol–water partition coefficient (Wildman–Crippen LogP) is 4.48. The van der Waals surface area contributed by atoms with Crippen molar-refractivity contribution in [1.82, 2.24) is 0 Å². The van der Waals surface area contributed by atoms with E-state index in [1.165, 1.54) is 11.1 Å². The molecule has 0 amide bonds. The molecule has 0 aliphatic carbocycles. The second-order valence-corrected chi connectivity index (χ2v) is 7.39. The van der Waals surface area contributed by atoms with E-state index in [2.05, 4.69) is 48.5 Å². The van der Waals surface area contributed by atoms with Crippen molar-refractivity contribution in [2.45, 2.75) is 45.1 Å². The van der Waals surface area contributed by atoms with Gasteiger partial charge in [0.05, 0.1) is 0 Å². The van der Waals surface area contributed by atoms with Gasteiger partial charge in [-0.3, -0.25) is 0 Å². The zero-order valence-corrected chi connectivity index (χ0v) is 16.4. The number of aryl methyl sites for hydroxylation is 1. The van der Waals surface area contributed by atoms with Gasteiger partial charge in [-0.25, -0.2) is 0 Å². The summed E-state index contributed by atoms with van der Waals surface area (Å²) in [6.07, 6.45) is 4.83. The first-order valence-corrected chi connectivity index (χ1v) is 9.15. The standard InChI is InChI=1S/C23H27NO3/c1-6-13-26-22-21(25-5)19-14-18(11-12-20(19)27-23(22,3)4)24-15-17-9-7-16(2)8-10-17/h1,7-12,14,21-22,24H,13,15H2,2-5H3. The molecule has 27 heavy (non-hydrogen) atoms. The van der Waals surface area contributed by atoms with Gasteiger partial charge in [-0.2, -0.15) is 0 Å². The van der Waals surface area contributed by atoms with Gasteiger partial charge in [0.1, 0.15) is 30.2 Å². The fourth-order valence-corrected chi connectivity index (χ4v) is 3.43. The molecule has 2 aromatic rings. The van der Waals surface area contributed by atoms with Crippen molar-refractivity contribution >= 4 is 5.69 Å². The van der Waals surface area contributed by atoms with Crippen LogP contribution in [0.1, 0.15) is 36.6 Å². The summed E-state index contributed by atoms with van der Waals surface area (Å²) in [5, 5.41) is 3.47. The number of nitrogens with one attached hydrogen (secondary N) is 1. The van der Waals surface area contributed by atoms with E-state index in [1.807, 2.05) is 26.0 Å². The fraction of sp³-hybridized carbons (Fsp3) is 0.391. The van der Waals surface area contributed by atoms with E-state index in [0.29, 0.717) is 0 Å². The van der Waals surface area contributed by atoms with E-state index >= 15 is 0 Å². The minimum atomic E-state index is -0.540. The van der Waals surface area contributed by atoms with Crippen LogP contribution in [0, 0.1) is 19.3 Å². The van der Waals surface area contributed by atoms with E-state index in [9.17, 15) is 0 Å². The maximum Gasteiger partial charge on any atom is 0.132 e. The smallest absolute Gasteiger partial charge is 0.132 e. The van der Waals surface area contributed by atoms with Crippen molar-refractivity contribution in [1.29, 1.82) is 0 Å². The van der Waals surface area contributed by atoms with Crippen LogP contribution in [0.25, 0.3) is 0 Å². The summed E-state index contributed by atoms with van der Waals surface area (Å²) in [6.45, 7) is 7.04. The molecule has 3 rings (SSSR count). The highest BCUT2D eigenvalue weighted by molar-refractivity contribution is 5.53. The van der Waals surface area contributed by atoms with Crippen molar-refractivity contribution in [3.63, 3.8) is 0 Å². The molecule has 0 fully saturated rings. The molecule has 2 atom stereocenters. The lowest BCUT2D eigenvalue weighted by atomic mass is 9.88. The van der Waals surface area contributed by atoms with Crippen LogP contribution in [0.3, 0.4) is 0 Å². The second kappa shape index (κ2) is 8.04. The summed E-state index contributed by atoms with van der Waals surface area (Å²) in [5.41, 5.74) is 3.92. The molecule has 0 bridgehead atoms. The molecule has 0 aromatic heterocycles. The van der Waals surface area contributed by atoms with Gasteiger partial charge in [0.25, 0.3) is 0 Å². The first kappa shape index (κ1) is 19.3. The maximum atomic E-state index is 6.19. The Morgan fingerprint density at radius 2 is 1.93 bits per heavy atom. The summed E-state index contributed by atoms with van der Waals surface area (Å²) in [4.78, 5) is 0. The lowest BCUT2D eigenvalue weighted by molar-refractivity contribution is -0.147. The number of ether oxygens (including phenoxy) is 3. The zero-order valence-electron chi connectivity index (χ0n) is 16.4. The Kier molecular flexibility index (Phi) is 5.74. The van der Waals surface area contributed by atoms with Crippen LogP contribution in [0.4, 0.5) is 5.69 Å². The van der Waals surface area contributed by atoms with E-state index < -0.39 is 5.60 Å². The number of fused-ring (bicyclic) bond motifs is 1. The number of anilines is 1. The minimum Gasteiger partial charge on any atom is -0.485 e. The highest BCUT2D eigenvalue weighted by atomic mass is 16.6. The second-order valence-electron chi connectivity index (χ2n) is 7.39. The summed E-state index contributed by atoms with van der Waals surface area (Å²) < 4.78 is 17.9. The predicted molar refractivity (Wildman–Crippen MR) is 108 cm³/mol. The molecule has 0 spiro atoms. The number of hydrogen-bond donors (Lipinski definition) is 1. The van der Waals surface area contributed by atoms with E-state index in [4.69, 9.17) is 20.6 Å². The van der Waals surface area contributed by atoms with Gasteiger partial charge in [-0.15, -0.1) is 6.42 Å². The van der Waals surface area contributed by atoms with Crippen molar-refractivity contribution in [2.24, 2.45) is 0 Å². The lowest BCUT2D eigenvalue weighted by Gasteiger charge is -2.43. The van der Waals surface area contributed by atoms with Crippen LogP contribution in [-0.2, 0) is 16.0 Å². The fourth-order valence-electron chi connectivity index (χ4n) is 3.43. The number of rotatable bonds is 6. The van der Waals surface area contributed by atoms with Crippen LogP contribution in [-0.4, -0.2) is 25.4 Å². The van der Waals surface area contributed by atoms with Crippen LogP contribution < -0.4 is 10.1 Å². The molecule has 1 heterocycles. The normalized spacial score (nSPS) is 20.3. The number of terminal acetylenes is 1. The van der Waals surface area contributed by atoms with Crippen molar-refractivity contribution in [3.8, 4) is 18.1 Å². The summed E-state index contributed by atoms with van der Waals surface area (Å²) >= 11 is 0. The Bertz CT molecular complexity index is 821. The van der Waals surface area contributed by atoms with Crippen molar-refractivity contribution < 1.29 is 14.2 Å². The molecule has 4 heteroatoms. The topological polar surface area (TPSA) is 39.7 Å². The molecule has 2 aromatic carbocycles. The monoisotopic (exact) mass is 365 g/mol. The molecule has 2 unspecified atom stereocenters. The zero-order chi connectivity index (χ0) is 19.4. The highest BCUT2D eigenvalue weighted by Gasteiger charge is 2.45. The van der Waals surface area contributed by atoms with E-state index in [1.54, 1.807) is 7.11 Å². The number of hydrogen-bond acceptors (Lipinski definition) is 4. The molecule has 142 valence electrons. The van der Waals surface area contributed by atoms with E-state index in [0.717, 1.165) is 23.5 Å². The first-order chi connectivity index (χ1) is 12.9. The number of methoxy groups -OCH3 is 1. The van der Waals surface area contributed by atoms with Gasteiger partial charge in [0.15, 0.2) is 0 Å². The van der Waals surface area contributed by atoms with Gasteiger partial charge < -0.3 is 19.5 Å². The van der Waals surface area contributed by atoms with Crippen LogP contribution in [0.2, 0.25) is 0 Å². The summed E-state index contributed by atoms with van der Waals surface area (Å²) in [7, 11) is 1.69. The quantitative estimate of drug-likeness (QED) is 0.766. The van der Waals surface area contributed by atoms with Gasteiger partial charge in [-0.05, 0) is 44.5 Å². The molecular weight excluding hydrogens is 338 g/mol. The Morgan fingerprint density at radius 3 is 2.59 bits per heavy atom. The average molecular weight is 365 g/mol. The third kappa shape index (κ3) is 4.27. The molecule has 0 saturated heterocycles. The third-order valence-corrected chi connectivity index (χ3v) is 4.87. The molecule has 4 nitrogen and oxygen atoms in total. The average Bonchev–Trinajstić information content (AvgIpc) is 2.65. The Labute approximate surface area is 161 Å². The molecular formula is C23H27NO3. The summed E-state index contributed by atoms with van der Waals surface area (Å²) in [6, 6.07) is 14.6. The Balaban J connectivity index is 1.82. The van der Waals surface area contributed by atoms with Gasteiger partial charge in [-0.1, -0.05) is 35.7 Å². The van der Waals surface area contributed by atoms with Gasteiger partial charge in [0.2, 0.25) is 0 Å². The SMILES string of the molecule is C#CCOC1C(OC)c2cc(NCc3ccc(C)cc3)ccc2OC1(C)C. The molecule has 1 aliphatic rings. The van der Waals surface area contributed by atoms with Crippen molar-refractivity contribution in [2.75, 3.05) is 19.0 Å². The molecule has 1 aliphatic heterocycles. The minimum absolute atomic E-state index is 0.220. The van der Waals surface area contributed by atoms with Crippen molar-refractivity contribution in [3.05, 3.63) is 59.2 Å². The number of benzene rings is 2. The maximum absolute atomic E-state index is 6.19. The van der Waals surface area contributed by atoms with Crippen LogP contribution >= 0.6 is 0 Å². The summed E-state index contributed by atoms with van der Waals surface area (Å²) in [5.74, 6) is 3.34. The molecule has 0 saturated carbocycles. The Hall–Kier alpha value is -2.48. The van der Waals surface area contributed by atoms with E-state index in [-0.39, 0.29) is 18.8 Å². The Morgan fingerprint density at radius 1 is 1.19 bits per heavy atom.